The summed E-state index contributed by atoms with van der Waals surface area (Å²) in [7, 11) is 3.66. The quantitative estimate of drug-likeness (QED) is 0.490. The van der Waals surface area contributed by atoms with Crippen molar-refractivity contribution in [2.24, 2.45) is 0 Å². The van der Waals surface area contributed by atoms with E-state index in [2.05, 4.69) is 0 Å². The van der Waals surface area contributed by atoms with Gasteiger partial charge in [0.1, 0.15) is 6.10 Å². The molecule has 0 spiro atoms. The number of esters is 1. The van der Waals surface area contributed by atoms with Gasteiger partial charge < -0.3 is 9.64 Å². The van der Waals surface area contributed by atoms with Crippen molar-refractivity contribution in [2.45, 2.75) is 19.4 Å². The van der Waals surface area contributed by atoms with E-state index in [0.717, 1.165) is 0 Å². The molecule has 0 aromatic rings. The van der Waals surface area contributed by atoms with Gasteiger partial charge in [-0.3, -0.25) is 9.59 Å². The van der Waals surface area contributed by atoms with E-state index in [4.69, 9.17) is 16.3 Å². The lowest BCUT2D eigenvalue weighted by atomic mass is 10.2. The molecule has 0 aliphatic carbocycles. The highest BCUT2D eigenvalue weighted by Gasteiger charge is 2.16. The van der Waals surface area contributed by atoms with E-state index in [9.17, 15) is 9.59 Å². The van der Waals surface area contributed by atoms with Crippen LogP contribution >= 0.6 is 11.6 Å². The van der Waals surface area contributed by atoms with Crippen LogP contribution in [0.15, 0.2) is 0 Å². The van der Waals surface area contributed by atoms with E-state index < -0.39 is 17.3 Å². The van der Waals surface area contributed by atoms with Crippen LogP contribution < -0.4 is 0 Å². The zero-order chi connectivity index (χ0) is 10.4. The van der Waals surface area contributed by atoms with Crippen molar-refractivity contribution in [3.8, 4) is 0 Å². The fourth-order valence-corrected chi connectivity index (χ4v) is 1.14. The minimum atomic E-state index is -0.492. The van der Waals surface area contributed by atoms with Gasteiger partial charge in [0.05, 0.1) is 6.42 Å². The second-order valence-corrected chi connectivity index (χ2v) is 3.47. The van der Waals surface area contributed by atoms with Crippen molar-refractivity contribution in [3.63, 3.8) is 0 Å². The molecule has 0 amide bonds. The molecule has 1 atom stereocenters. The van der Waals surface area contributed by atoms with Crippen LogP contribution in [0.25, 0.3) is 0 Å². The van der Waals surface area contributed by atoms with Crippen molar-refractivity contribution >= 4 is 22.8 Å². The first-order valence-electron chi connectivity index (χ1n) is 3.92. The lowest BCUT2D eigenvalue weighted by Crippen LogP contribution is -2.31. The van der Waals surface area contributed by atoms with E-state index >= 15 is 0 Å². The van der Waals surface area contributed by atoms with Gasteiger partial charge in [0.25, 0.3) is 0 Å². The maximum Gasteiger partial charge on any atom is 0.302 e. The number of halogens is 1. The lowest BCUT2D eigenvalue weighted by molar-refractivity contribution is -0.147. The van der Waals surface area contributed by atoms with Gasteiger partial charge in [-0.25, -0.2) is 0 Å². The molecule has 0 rings (SSSR count). The number of rotatable bonds is 5. The molecule has 4 nitrogen and oxygen atoms in total. The van der Waals surface area contributed by atoms with Crippen LogP contribution in [0.2, 0.25) is 0 Å². The standard InChI is InChI=1S/C8H14ClNO3/c1-6(11)13-7(4-8(9)12)5-10(2)3/h7H,4-5H2,1-3H3. The summed E-state index contributed by atoms with van der Waals surface area (Å²) in [5.41, 5.74) is 0. The molecular formula is C8H14ClNO3. The van der Waals surface area contributed by atoms with Crippen LogP contribution in [0, 0.1) is 0 Å². The number of hydrogen-bond donors (Lipinski definition) is 0. The molecule has 0 aromatic heterocycles. The first kappa shape index (κ1) is 12.4. The Labute approximate surface area is 82.8 Å². The maximum atomic E-state index is 10.6. The highest BCUT2D eigenvalue weighted by Crippen LogP contribution is 2.03. The third kappa shape index (κ3) is 7.74. The number of hydrogen-bond acceptors (Lipinski definition) is 4. The summed E-state index contributed by atoms with van der Waals surface area (Å²) in [5, 5.41) is -0.492. The van der Waals surface area contributed by atoms with E-state index in [1.165, 1.54) is 6.92 Å². The molecule has 5 heteroatoms. The Kier molecular flexibility index (Phi) is 5.66. The van der Waals surface area contributed by atoms with Gasteiger partial charge in [-0.2, -0.15) is 0 Å². The lowest BCUT2D eigenvalue weighted by Gasteiger charge is -2.19. The van der Waals surface area contributed by atoms with Gasteiger partial charge in [0.15, 0.2) is 0 Å². The van der Waals surface area contributed by atoms with Gasteiger partial charge in [-0.05, 0) is 25.7 Å². The van der Waals surface area contributed by atoms with Crippen LogP contribution in [-0.2, 0) is 14.3 Å². The summed E-state index contributed by atoms with van der Waals surface area (Å²) in [5.74, 6) is -0.398. The first-order valence-corrected chi connectivity index (χ1v) is 4.30. The Bertz CT molecular complexity index is 178. The van der Waals surface area contributed by atoms with Gasteiger partial charge in [-0.1, -0.05) is 0 Å². The topological polar surface area (TPSA) is 46.6 Å². The van der Waals surface area contributed by atoms with Crippen molar-refractivity contribution in [3.05, 3.63) is 0 Å². The van der Waals surface area contributed by atoms with Crippen molar-refractivity contribution < 1.29 is 14.3 Å². The summed E-state index contributed by atoms with van der Waals surface area (Å²) < 4.78 is 4.89. The zero-order valence-electron chi connectivity index (χ0n) is 8.04. The minimum Gasteiger partial charge on any atom is -0.461 e. The predicted octanol–water partition coefficient (Wildman–Crippen LogP) is 0.635. The molecule has 0 fully saturated rings. The van der Waals surface area contributed by atoms with Crippen LogP contribution in [0.5, 0.6) is 0 Å². The van der Waals surface area contributed by atoms with Crippen molar-refractivity contribution in [1.29, 1.82) is 0 Å². The molecule has 0 bridgehead atoms. The molecule has 0 aliphatic rings. The number of ether oxygens (including phenoxy) is 1. The summed E-state index contributed by atoms with van der Waals surface area (Å²) >= 11 is 5.19. The summed E-state index contributed by atoms with van der Waals surface area (Å²) in [4.78, 5) is 23.0. The first-order chi connectivity index (χ1) is 5.91. The highest BCUT2D eigenvalue weighted by molar-refractivity contribution is 6.63. The predicted molar refractivity (Wildman–Crippen MR) is 49.6 cm³/mol. The molecule has 13 heavy (non-hydrogen) atoms. The Morgan fingerprint density at radius 2 is 2.00 bits per heavy atom. The van der Waals surface area contributed by atoms with Crippen LogP contribution in [0.4, 0.5) is 0 Å². The molecule has 0 aliphatic heterocycles. The van der Waals surface area contributed by atoms with Gasteiger partial charge in [0.2, 0.25) is 5.24 Å². The average Bonchev–Trinajstić information content (AvgIpc) is 1.80. The van der Waals surface area contributed by atoms with Crippen LogP contribution in [0.1, 0.15) is 13.3 Å². The normalized spacial score (nSPS) is 12.7. The fraction of sp³-hybridized carbons (Fsp3) is 0.750. The Morgan fingerprint density at radius 1 is 1.46 bits per heavy atom. The number of likely N-dealkylation sites (N-methyl/N-ethyl adjacent to an activating group) is 1. The van der Waals surface area contributed by atoms with Crippen molar-refractivity contribution in [1.82, 2.24) is 4.90 Å². The molecule has 0 heterocycles. The molecule has 0 aromatic carbocycles. The molecule has 0 saturated carbocycles. The van der Waals surface area contributed by atoms with Crippen LogP contribution in [0.3, 0.4) is 0 Å². The monoisotopic (exact) mass is 207 g/mol. The Morgan fingerprint density at radius 3 is 2.31 bits per heavy atom. The largest absolute Gasteiger partial charge is 0.461 e. The van der Waals surface area contributed by atoms with E-state index in [1.54, 1.807) is 0 Å². The summed E-state index contributed by atoms with van der Waals surface area (Å²) in [6.45, 7) is 1.80. The third-order valence-electron chi connectivity index (χ3n) is 1.29. The average molecular weight is 208 g/mol. The summed E-state index contributed by atoms with van der Waals surface area (Å²) in [6.07, 6.45) is -0.392. The molecule has 0 N–H and O–H groups in total. The number of carbonyl (C=O) groups excluding carboxylic acids is 2. The van der Waals surface area contributed by atoms with Crippen molar-refractivity contribution in [2.75, 3.05) is 20.6 Å². The van der Waals surface area contributed by atoms with Gasteiger partial charge in [0, 0.05) is 13.5 Å². The second kappa shape index (κ2) is 5.94. The van der Waals surface area contributed by atoms with Gasteiger partial charge in [-0.15, -0.1) is 0 Å². The van der Waals surface area contributed by atoms with E-state index in [-0.39, 0.29) is 6.42 Å². The number of nitrogens with zero attached hydrogens (tertiary/aromatic N) is 1. The molecular weight excluding hydrogens is 194 g/mol. The Balaban J connectivity index is 4.02. The minimum absolute atomic E-state index is 0.0549. The molecule has 1 unspecified atom stereocenters. The summed E-state index contributed by atoms with van der Waals surface area (Å²) in [6, 6.07) is 0. The fourth-order valence-electron chi connectivity index (χ4n) is 0.964. The Hall–Kier alpha value is -0.610. The SMILES string of the molecule is CC(=O)OC(CC(=O)Cl)CN(C)C. The highest BCUT2D eigenvalue weighted by atomic mass is 35.5. The maximum absolute atomic E-state index is 10.6. The molecule has 0 saturated heterocycles. The zero-order valence-corrected chi connectivity index (χ0v) is 8.80. The van der Waals surface area contributed by atoms with Crippen LogP contribution in [-0.4, -0.2) is 42.9 Å². The second-order valence-electron chi connectivity index (χ2n) is 3.05. The third-order valence-corrected chi connectivity index (χ3v) is 1.44. The number of carbonyl (C=O) groups is 2. The van der Waals surface area contributed by atoms with E-state index in [0.29, 0.717) is 6.54 Å². The van der Waals surface area contributed by atoms with E-state index in [1.807, 2.05) is 19.0 Å². The molecule has 76 valence electrons. The smallest absolute Gasteiger partial charge is 0.302 e. The molecule has 0 radical (unpaired) electrons. The van der Waals surface area contributed by atoms with Gasteiger partial charge >= 0.3 is 5.97 Å².